The first-order valence-corrected chi connectivity index (χ1v) is 48.0. The first kappa shape index (κ1) is 122. The maximum atomic E-state index is 15.2. The number of carboxylic acids is 2. The third kappa shape index (κ3) is 45.9. The second kappa shape index (κ2) is 62.5. The highest BCUT2D eigenvalue weighted by Crippen LogP contribution is 2.19. The second-order valence-corrected chi connectivity index (χ2v) is 37.5. The number of primary amides is 1. The van der Waals surface area contributed by atoms with Crippen LogP contribution in [0.15, 0.2) is 115 Å². The van der Waals surface area contributed by atoms with E-state index in [4.69, 9.17) is 22.6 Å². The van der Waals surface area contributed by atoms with Crippen molar-refractivity contribution in [2.24, 2.45) is 52.7 Å². The number of guanidine groups is 1. The van der Waals surface area contributed by atoms with E-state index in [0.717, 1.165) is 0 Å². The lowest BCUT2D eigenvalue weighted by molar-refractivity contribution is -0.142. The number of carboxylic acid groups (broad SMARTS) is 2. The second-order valence-electron chi connectivity index (χ2n) is 37.5. The minimum absolute atomic E-state index is 0.0371. The highest BCUT2D eigenvalue weighted by molar-refractivity contribution is 6.02. The van der Waals surface area contributed by atoms with Gasteiger partial charge < -0.3 is 133 Å². The molecule has 0 aliphatic heterocycles. The van der Waals surface area contributed by atoms with Crippen molar-refractivity contribution in [3.63, 3.8) is 0 Å². The molecule has 0 saturated heterocycles. The quantitative estimate of drug-likeness (QED) is 0.0120. The number of nitrogens with one attached hydrogen (secondary N) is 19. The Morgan fingerprint density at radius 3 is 1.08 bits per heavy atom. The van der Waals surface area contributed by atoms with Crippen LogP contribution in [0.1, 0.15) is 176 Å². The average Bonchev–Trinajstić information content (AvgIpc) is 0.829. The summed E-state index contributed by atoms with van der Waals surface area (Å²) in [6.07, 6.45) is -2.17. The molecule has 0 heterocycles. The Kier molecular flexibility index (Phi) is 52.8. The molecule has 0 saturated carbocycles. The van der Waals surface area contributed by atoms with Gasteiger partial charge >= 0.3 is 11.9 Å². The van der Waals surface area contributed by atoms with E-state index < -0.39 is 253 Å². The number of phenols is 1. The molecule has 29 N–H and O–H groups in total. The molecule has 0 unspecified atom stereocenters. The molecule has 0 bridgehead atoms. The Bertz CT molecular complexity index is 4980. The molecule has 46 nitrogen and oxygen atoms in total. The first-order valence-electron chi connectivity index (χ1n) is 48.0. The normalized spacial score (nSPS) is 14.5. The van der Waals surface area contributed by atoms with Gasteiger partial charge in [-0.2, -0.15) is 0 Å². The van der Waals surface area contributed by atoms with Crippen molar-refractivity contribution in [1.82, 2.24) is 95.7 Å². The summed E-state index contributed by atoms with van der Waals surface area (Å²) in [5.74, 6) is -22.8. The van der Waals surface area contributed by atoms with Gasteiger partial charge in [-0.15, -0.1) is 0 Å². The van der Waals surface area contributed by atoms with Gasteiger partial charge in [0.25, 0.3) is 0 Å². The van der Waals surface area contributed by atoms with Crippen LogP contribution in [-0.2, 0) is 122 Å². The SMILES string of the molecule is CC[C@H](C)[C@H](NC(=O)[C@H](CC(C)C)NC(=O)[C@H](CC(C)C)NC(=O)[C@H](CO)NC(=O)[C@H](Cc1ccc(O)cc1)NC(=O)[C@H](Cc1ccccc1)NC(=O)[C@@H](NC(=O)[C@H](Cc1ccccc1)NC(=O)[C@H](CC(=O)O)NC(=O)CNC(=O)[C@H](Cc1ccccc1)NC(=O)CNC(=O)[C@H](CC(C)C)NC(=O)[C@H](CCCNC(=N)N)NC(=O)[C@@H](N)CC(C)C)C(C)C)C(=O)NCC(=O)N[C@@H](CCC(N)=O)C(=O)N[C@@H](C)C(=O)O. The van der Waals surface area contributed by atoms with Gasteiger partial charge in [0, 0.05) is 38.6 Å². The van der Waals surface area contributed by atoms with Crippen LogP contribution in [0, 0.1) is 40.9 Å². The van der Waals surface area contributed by atoms with Crippen LogP contribution in [-0.4, -0.2) is 268 Å². The van der Waals surface area contributed by atoms with E-state index in [-0.39, 0.29) is 113 Å². The first-order chi connectivity index (χ1) is 67.9. The third-order valence-corrected chi connectivity index (χ3v) is 22.7. The number of aliphatic hydroxyl groups excluding tert-OH is 1. The maximum absolute atomic E-state index is 15.2. The van der Waals surface area contributed by atoms with E-state index in [1.54, 1.807) is 146 Å². The van der Waals surface area contributed by atoms with Crippen LogP contribution in [0.3, 0.4) is 0 Å². The zero-order valence-electron chi connectivity index (χ0n) is 83.7. The van der Waals surface area contributed by atoms with Crippen molar-refractivity contribution in [2.75, 3.05) is 32.8 Å². The van der Waals surface area contributed by atoms with Gasteiger partial charge in [-0.1, -0.05) is 193 Å². The fraction of sp³-hybridized carbons (Fsp3) is 0.541. The number of carbonyl (C=O) groups excluding carboxylic acids is 18. The molecule has 4 aromatic rings. The number of aliphatic carboxylic acids is 2. The molecule has 0 aliphatic rings. The zero-order chi connectivity index (χ0) is 108. The summed E-state index contributed by atoms with van der Waals surface area (Å²) >= 11 is 0. The number of aromatic hydroxyl groups is 1. The molecular formula is C98H146N22O24. The van der Waals surface area contributed by atoms with Crippen LogP contribution in [0.25, 0.3) is 0 Å². The monoisotopic (exact) mass is 2020 g/mol. The Hall–Kier alpha value is -14.7. The van der Waals surface area contributed by atoms with E-state index in [0.29, 0.717) is 35.1 Å². The van der Waals surface area contributed by atoms with E-state index in [2.05, 4.69) is 95.7 Å². The molecule has 792 valence electrons. The maximum Gasteiger partial charge on any atom is 0.325 e. The molecule has 0 spiro atoms. The molecule has 4 aromatic carbocycles. The molecule has 0 aliphatic carbocycles. The Morgan fingerprint density at radius 2 is 0.667 bits per heavy atom. The lowest BCUT2D eigenvalue weighted by Gasteiger charge is -2.29. The molecule has 0 fully saturated rings. The summed E-state index contributed by atoms with van der Waals surface area (Å²) in [5, 5.41) is 93.6. The van der Waals surface area contributed by atoms with E-state index in [1.807, 2.05) is 13.8 Å². The topological polar surface area (TPSA) is 741 Å². The molecule has 16 atom stereocenters. The molecule has 0 aromatic heterocycles. The lowest BCUT2D eigenvalue weighted by Crippen LogP contribution is -2.62. The Morgan fingerprint density at radius 1 is 0.340 bits per heavy atom. The van der Waals surface area contributed by atoms with Crippen molar-refractivity contribution in [3.8, 4) is 5.75 Å². The van der Waals surface area contributed by atoms with Crippen LogP contribution in [0.5, 0.6) is 5.75 Å². The van der Waals surface area contributed by atoms with Gasteiger partial charge in [-0.05, 0) is 122 Å². The van der Waals surface area contributed by atoms with Gasteiger partial charge in [-0.25, -0.2) is 0 Å². The fourth-order valence-electron chi connectivity index (χ4n) is 14.8. The number of benzene rings is 4. The van der Waals surface area contributed by atoms with E-state index >= 15 is 9.59 Å². The number of hydrogen-bond acceptors (Lipinski definition) is 24. The molecule has 46 heteroatoms. The van der Waals surface area contributed by atoms with Gasteiger partial charge in [-0.3, -0.25) is 101 Å². The molecule has 4 rings (SSSR count). The van der Waals surface area contributed by atoms with Crippen LogP contribution < -0.4 is 113 Å². The number of nitrogens with two attached hydrogens (primary N) is 3. The minimum atomic E-state index is -1.97. The minimum Gasteiger partial charge on any atom is -0.508 e. The van der Waals surface area contributed by atoms with Gasteiger partial charge in [0.05, 0.1) is 38.7 Å². The van der Waals surface area contributed by atoms with Gasteiger partial charge in [0.1, 0.15) is 90.3 Å². The van der Waals surface area contributed by atoms with Crippen LogP contribution in [0.2, 0.25) is 0 Å². The summed E-state index contributed by atoms with van der Waals surface area (Å²) in [6.45, 7) is 18.4. The fourth-order valence-corrected chi connectivity index (χ4v) is 14.8. The highest BCUT2D eigenvalue weighted by atomic mass is 16.4. The summed E-state index contributed by atoms with van der Waals surface area (Å²) in [4.78, 5) is 277. The van der Waals surface area contributed by atoms with Crippen molar-refractivity contribution in [2.45, 2.75) is 271 Å². The lowest BCUT2D eigenvalue weighted by atomic mass is 9.96. The molecule has 0 radical (unpaired) electrons. The van der Waals surface area contributed by atoms with Crippen LogP contribution >= 0.6 is 0 Å². The number of aliphatic hydroxyl groups is 1. The Labute approximate surface area is 837 Å². The van der Waals surface area contributed by atoms with Crippen molar-refractivity contribution >= 4 is 124 Å². The van der Waals surface area contributed by atoms with Gasteiger partial charge in [0.2, 0.25) is 106 Å². The Balaban J connectivity index is 1.59. The van der Waals surface area contributed by atoms with Gasteiger partial charge in [0.15, 0.2) is 5.96 Å². The summed E-state index contributed by atoms with van der Waals surface area (Å²) < 4.78 is 0. The van der Waals surface area contributed by atoms with Crippen molar-refractivity contribution in [3.05, 3.63) is 138 Å². The highest BCUT2D eigenvalue weighted by Gasteiger charge is 2.40. The third-order valence-electron chi connectivity index (χ3n) is 22.7. The van der Waals surface area contributed by atoms with Crippen molar-refractivity contribution < 1.29 is 116 Å². The summed E-state index contributed by atoms with van der Waals surface area (Å²) in [5.41, 5.74) is 18.6. The average molecular weight is 2020 g/mol. The standard InChI is InChI=1S/C98H146N22O24/c1-14-57(12)82(95(141)106-50-77(124)108-66(36-37-76(100)123)86(132)107-58(13)97(143)144)120-92(138)69(42-55(8)9)113-88(134)68(41-54(6)7)114-94(140)75(51-121)118-90(136)71(46-62-32-34-63(122)35-33-62)115-89(135)72(44-60-27-20-16-21-28-60)117-96(142)81(56(10)11)119-93(139)73(45-61-29-22-17-23-30-61)116-91(137)74(47-80(127)128)110-79(126)49-105-85(131)70(43-59-25-18-15-19-26-59)109-78(125)48-104-84(130)67(40-53(4)5)112-87(133)65(31-24-38-103-98(101)102)111-83(129)64(99)39-52(2)3/h15-23,25-30,32-35,52-58,64-75,81-82,121-122H,14,24,31,36-51,99H2,1-13H3,(H2,100,123)(H,104,130)(H,105,131)(H,106,141)(H,107,132)(H,108,124)(H,109,125)(H,110,126)(H,111,129)(H,112,133)(H,113,134)(H,114,140)(H,115,135)(H,116,137)(H,117,142)(H,118,136)(H,119,139)(H,120,138)(H,127,128)(H,143,144)(H4,101,102,103)/t57-,58-,64-,65-,66-,67-,68-,69-,70-,71-,72-,73-,74-,75-,81-,82-/m0/s1. The largest absolute Gasteiger partial charge is 0.508 e. The number of carbonyl (C=O) groups is 20. The number of phenolic OH excluding ortho intramolecular Hbond substituents is 1. The molecule has 18 amide bonds. The smallest absolute Gasteiger partial charge is 0.325 e. The number of hydrogen-bond donors (Lipinski definition) is 26. The predicted molar refractivity (Wildman–Crippen MR) is 529 cm³/mol. The van der Waals surface area contributed by atoms with Crippen molar-refractivity contribution in [1.29, 1.82) is 5.41 Å². The summed E-state index contributed by atoms with van der Waals surface area (Å²) in [6, 6.07) is 7.64. The summed E-state index contributed by atoms with van der Waals surface area (Å²) in [7, 11) is 0. The molecule has 144 heavy (non-hydrogen) atoms. The molecular weight excluding hydrogens is 1870 g/mol. The number of rotatable bonds is 64. The van der Waals surface area contributed by atoms with E-state index in [1.165, 1.54) is 45.0 Å². The van der Waals surface area contributed by atoms with Crippen LogP contribution in [0.4, 0.5) is 0 Å². The predicted octanol–water partition coefficient (Wildman–Crippen LogP) is -2.89. The number of amides is 18. The zero-order valence-corrected chi connectivity index (χ0v) is 83.7. The van der Waals surface area contributed by atoms with E-state index in [9.17, 15) is 107 Å².